The van der Waals surface area contributed by atoms with Crippen LogP contribution >= 0.6 is 11.3 Å². The van der Waals surface area contributed by atoms with Crippen molar-refractivity contribution in [2.45, 2.75) is 27.3 Å². The molecule has 6 nitrogen and oxygen atoms in total. The predicted octanol–water partition coefficient (Wildman–Crippen LogP) is 3.79. The summed E-state index contributed by atoms with van der Waals surface area (Å²) < 4.78 is 1.76. The Balaban J connectivity index is 1.90. The van der Waals surface area contributed by atoms with Crippen LogP contribution in [0.1, 0.15) is 39.7 Å². The van der Waals surface area contributed by atoms with E-state index in [4.69, 9.17) is 0 Å². The van der Waals surface area contributed by atoms with Crippen LogP contribution in [0.2, 0.25) is 0 Å². The van der Waals surface area contributed by atoms with Crippen LogP contribution in [0.3, 0.4) is 0 Å². The number of nitrogens with zero attached hydrogens (tertiary/aromatic N) is 3. The van der Waals surface area contributed by atoms with Gasteiger partial charge in [-0.15, -0.1) is 0 Å². The number of nitrogens with one attached hydrogen (secondary N) is 1. The van der Waals surface area contributed by atoms with E-state index in [1.54, 1.807) is 10.7 Å². The molecule has 128 valence electrons. The van der Waals surface area contributed by atoms with Crippen molar-refractivity contribution in [1.82, 2.24) is 14.8 Å². The highest BCUT2D eigenvalue weighted by Gasteiger charge is 2.19. The van der Waals surface area contributed by atoms with E-state index in [0.717, 1.165) is 11.3 Å². The predicted molar refractivity (Wildman–Crippen MR) is 98.1 cm³/mol. The van der Waals surface area contributed by atoms with Crippen molar-refractivity contribution in [2.75, 3.05) is 5.32 Å². The molecular formula is C18H18N4O2S. The molecule has 1 aromatic carbocycles. The molecule has 1 amide bonds. The Bertz CT molecular complexity index is 928. The average molecular weight is 354 g/mol. The molecule has 1 N–H and O–H groups in total. The van der Waals surface area contributed by atoms with Gasteiger partial charge in [-0.3, -0.25) is 19.6 Å². The van der Waals surface area contributed by atoms with Crippen molar-refractivity contribution < 1.29 is 9.59 Å². The number of anilines is 1. The number of hydrogen-bond acceptors (Lipinski definition) is 5. The first-order valence-corrected chi connectivity index (χ1v) is 8.74. The maximum Gasteiger partial charge on any atom is 0.277 e. The highest BCUT2D eigenvalue weighted by atomic mass is 32.1. The second-order valence-electron chi connectivity index (χ2n) is 5.56. The van der Waals surface area contributed by atoms with Crippen LogP contribution in [-0.2, 0) is 6.54 Å². The number of hydrogen-bond donors (Lipinski definition) is 1. The van der Waals surface area contributed by atoms with Gasteiger partial charge >= 0.3 is 0 Å². The van der Waals surface area contributed by atoms with E-state index in [9.17, 15) is 9.59 Å². The number of carbonyl (C=O) groups is 2. The Kier molecular flexibility index (Phi) is 4.76. The van der Waals surface area contributed by atoms with E-state index >= 15 is 0 Å². The smallest absolute Gasteiger partial charge is 0.277 e. The van der Waals surface area contributed by atoms with Gasteiger partial charge in [0.1, 0.15) is 0 Å². The summed E-state index contributed by atoms with van der Waals surface area (Å²) in [5.74, 6) is -0.415. The summed E-state index contributed by atoms with van der Waals surface area (Å²) in [4.78, 5) is 29.3. The quantitative estimate of drug-likeness (QED) is 0.707. The summed E-state index contributed by atoms with van der Waals surface area (Å²) in [7, 11) is 0. The van der Waals surface area contributed by atoms with Crippen LogP contribution in [0.5, 0.6) is 0 Å². The fourth-order valence-corrected chi connectivity index (χ4v) is 3.38. The van der Waals surface area contributed by atoms with Gasteiger partial charge in [0.25, 0.3) is 5.91 Å². The summed E-state index contributed by atoms with van der Waals surface area (Å²) in [5, 5.41) is 7.40. The van der Waals surface area contributed by atoms with Crippen LogP contribution in [0.4, 0.5) is 5.13 Å². The minimum absolute atomic E-state index is 0.0806. The molecule has 0 unspecified atom stereocenters. The first kappa shape index (κ1) is 17.0. The molecule has 0 aliphatic heterocycles. The van der Waals surface area contributed by atoms with Crippen LogP contribution in [0.25, 0.3) is 11.3 Å². The maximum atomic E-state index is 12.4. The van der Waals surface area contributed by atoms with Crippen molar-refractivity contribution >= 4 is 28.2 Å². The van der Waals surface area contributed by atoms with Crippen molar-refractivity contribution in [3.05, 3.63) is 52.7 Å². The van der Waals surface area contributed by atoms with Crippen LogP contribution in [-0.4, -0.2) is 26.5 Å². The van der Waals surface area contributed by atoms with Gasteiger partial charge < -0.3 is 0 Å². The summed E-state index contributed by atoms with van der Waals surface area (Å²) >= 11 is 1.18. The Morgan fingerprint density at radius 3 is 2.56 bits per heavy atom. The molecule has 3 rings (SSSR count). The van der Waals surface area contributed by atoms with E-state index in [0.29, 0.717) is 27.9 Å². The summed E-state index contributed by atoms with van der Waals surface area (Å²) in [5.41, 5.74) is 2.68. The Hall–Kier alpha value is -2.80. The molecule has 3 aromatic rings. The monoisotopic (exact) mass is 354 g/mol. The SMILES string of the molecule is CCn1nc(C(=O)Nc2nc(-c3ccccc3)c(C(C)=O)s2)cc1C. The number of benzene rings is 1. The number of thiazole rings is 1. The van der Waals surface area contributed by atoms with Gasteiger partial charge in [-0.2, -0.15) is 5.10 Å². The second-order valence-corrected chi connectivity index (χ2v) is 6.56. The Morgan fingerprint density at radius 1 is 1.24 bits per heavy atom. The average Bonchev–Trinajstić information content (AvgIpc) is 3.19. The third-order valence-electron chi connectivity index (χ3n) is 3.73. The molecule has 0 bridgehead atoms. The number of carbonyl (C=O) groups excluding carboxylic acids is 2. The largest absolute Gasteiger partial charge is 0.296 e. The van der Waals surface area contributed by atoms with Crippen molar-refractivity contribution in [3.63, 3.8) is 0 Å². The Labute approximate surface area is 149 Å². The third-order valence-corrected chi connectivity index (χ3v) is 4.80. The van der Waals surface area contributed by atoms with Crippen molar-refractivity contribution in [3.8, 4) is 11.3 Å². The van der Waals surface area contributed by atoms with E-state index < -0.39 is 0 Å². The molecule has 0 spiro atoms. The fraction of sp³-hybridized carbons (Fsp3) is 0.222. The normalized spacial score (nSPS) is 10.7. The first-order chi connectivity index (χ1) is 12.0. The zero-order valence-electron chi connectivity index (χ0n) is 14.2. The Morgan fingerprint density at radius 2 is 1.96 bits per heavy atom. The number of rotatable bonds is 5. The maximum absolute atomic E-state index is 12.4. The molecule has 0 aliphatic rings. The molecule has 25 heavy (non-hydrogen) atoms. The molecule has 0 radical (unpaired) electrons. The highest BCUT2D eigenvalue weighted by Crippen LogP contribution is 2.31. The highest BCUT2D eigenvalue weighted by molar-refractivity contribution is 7.18. The summed E-state index contributed by atoms with van der Waals surface area (Å²) in [6.07, 6.45) is 0. The molecule has 2 heterocycles. The van der Waals surface area contributed by atoms with Crippen LogP contribution < -0.4 is 5.32 Å². The lowest BCUT2D eigenvalue weighted by Gasteiger charge is -1.99. The fourth-order valence-electron chi connectivity index (χ4n) is 2.51. The summed E-state index contributed by atoms with van der Waals surface area (Å²) in [6, 6.07) is 11.2. The van der Waals surface area contributed by atoms with Crippen LogP contribution in [0, 0.1) is 6.92 Å². The molecule has 0 saturated heterocycles. The molecule has 0 aliphatic carbocycles. The molecular weight excluding hydrogens is 336 g/mol. The lowest BCUT2D eigenvalue weighted by Crippen LogP contribution is -2.13. The number of Topliss-reactive ketones (excluding diaryl/α,β-unsaturated/α-hetero) is 1. The van der Waals surface area contributed by atoms with Gasteiger partial charge in [0.15, 0.2) is 16.6 Å². The lowest BCUT2D eigenvalue weighted by atomic mass is 10.1. The molecule has 7 heteroatoms. The molecule has 2 aromatic heterocycles. The topological polar surface area (TPSA) is 76.9 Å². The van der Waals surface area contributed by atoms with Crippen LogP contribution in [0.15, 0.2) is 36.4 Å². The molecule has 0 saturated carbocycles. The van der Waals surface area contributed by atoms with E-state index in [-0.39, 0.29) is 11.7 Å². The zero-order valence-corrected chi connectivity index (χ0v) is 15.1. The lowest BCUT2D eigenvalue weighted by molar-refractivity contribution is 0.101. The van der Waals surface area contributed by atoms with Gasteiger partial charge in [0.05, 0.1) is 10.6 Å². The standard InChI is InChI=1S/C18H18N4O2S/c1-4-22-11(2)10-14(21-22)17(24)20-18-19-15(16(25-18)12(3)23)13-8-6-5-7-9-13/h5-10H,4H2,1-3H3,(H,19,20,24). The van der Waals surface area contributed by atoms with Gasteiger partial charge in [-0.05, 0) is 19.9 Å². The van der Waals surface area contributed by atoms with Crippen molar-refractivity contribution in [1.29, 1.82) is 0 Å². The van der Waals surface area contributed by atoms with Gasteiger partial charge in [-0.25, -0.2) is 4.98 Å². The third kappa shape index (κ3) is 3.51. The number of amides is 1. The minimum atomic E-state index is -0.334. The molecule has 0 atom stereocenters. The van der Waals surface area contributed by atoms with E-state index in [1.807, 2.05) is 44.2 Å². The van der Waals surface area contributed by atoms with Gasteiger partial charge in [0, 0.05) is 24.7 Å². The van der Waals surface area contributed by atoms with Gasteiger partial charge in [0.2, 0.25) is 0 Å². The zero-order chi connectivity index (χ0) is 18.0. The number of ketones is 1. The van der Waals surface area contributed by atoms with Gasteiger partial charge in [-0.1, -0.05) is 41.7 Å². The van der Waals surface area contributed by atoms with E-state index in [2.05, 4.69) is 15.4 Å². The van der Waals surface area contributed by atoms with E-state index in [1.165, 1.54) is 18.3 Å². The second kappa shape index (κ2) is 6.98. The molecule has 0 fully saturated rings. The van der Waals surface area contributed by atoms with Crippen molar-refractivity contribution in [2.24, 2.45) is 0 Å². The number of aryl methyl sites for hydroxylation is 2. The minimum Gasteiger partial charge on any atom is -0.296 e. The summed E-state index contributed by atoms with van der Waals surface area (Å²) in [6.45, 7) is 6.06. The number of aromatic nitrogens is 3. The first-order valence-electron chi connectivity index (χ1n) is 7.92.